The highest BCUT2D eigenvalue weighted by Crippen LogP contribution is 2.22. The molecular formula is C12H13N5O3. The van der Waals surface area contributed by atoms with Gasteiger partial charge < -0.3 is 15.2 Å². The summed E-state index contributed by atoms with van der Waals surface area (Å²) in [7, 11) is 0. The minimum absolute atomic E-state index is 0.140. The van der Waals surface area contributed by atoms with Gasteiger partial charge in [-0.3, -0.25) is 14.9 Å². The van der Waals surface area contributed by atoms with Crippen LogP contribution < -0.4 is 15.8 Å². The Balaban J connectivity index is 2.15. The van der Waals surface area contributed by atoms with Crippen LogP contribution in [0.1, 0.15) is 0 Å². The second kappa shape index (κ2) is 4.89. The van der Waals surface area contributed by atoms with Crippen LogP contribution in [0.25, 0.3) is 11.0 Å². The van der Waals surface area contributed by atoms with Gasteiger partial charge >= 0.3 is 0 Å². The van der Waals surface area contributed by atoms with E-state index in [9.17, 15) is 14.9 Å². The minimum Gasteiger partial charge on any atom is -0.349 e. The molecule has 0 saturated carbocycles. The van der Waals surface area contributed by atoms with E-state index in [4.69, 9.17) is 0 Å². The number of hydrogen-bond acceptors (Lipinski definition) is 6. The molecule has 1 aromatic carbocycles. The summed E-state index contributed by atoms with van der Waals surface area (Å²) in [5.41, 5.74) is 0.0568. The molecule has 0 bridgehead atoms. The molecule has 1 aliphatic rings. The normalized spacial score (nSPS) is 15.5. The Morgan fingerprint density at radius 2 is 2.05 bits per heavy atom. The Morgan fingerprint density at radius 3 is 2.75 bits per heavy atom. The zero-order valence-corrected chi connectivity index (χ0v) is 10.6. The molecule has 20 heavy (non-hydrogen) atoms. The van der Waals surface area contributed by atoms with Gasteiger partial charge in [0.2, 0.25) is 0 Å². The quantitative estimate of drug-likeness (QED) is 0.601. The smallest absolute Gasteiger partial charge is 0.295 e. The topological polar surface area (TPSA) is 104 Å². The van der Waals surface area contributed by atoms with Crippen LogP contribution in [-0.4, -0.2) is 41.1 Å². The van der Waals surface area contributed by atoms with Gasteiger partial charge in [-0.1, -0.05) is 6.07 Å². The molecule has 0 radical (unpaired) electrons. The number of para-hydroxylation sites is 1. The number of nitro groups is 1. The maximum Gasteiger partial charge on any atom is 0.295 e. The number of aromatic nitrogens is 2. The SMILES string of the molecule is O=c1[nH]c2c([N+](=O)[O-])cccc2nc1N1CCNCC1. The number of H-pyrrole nitrogens is 1. The number of nitrogens with zero attached hydrogens (tertiary/aromatic N) is 3. The van der Waals surface area contributed by atoms with Gasteiger partial charge in [-0.05, 0) is 6.07 Å². The van der Waals surface area contributed by atoms with Crippen LogP contribution in [0.15, 0.2) is 23.0 Å². The number of non-ortho nitro benzene ring substituents is 1. The molecule has 0 aliphatic carbocycles. The molecule has 1 aliphatic heterocycles. The van der Waals surface area contributed by atoms with Crippen LogP contribution in [0.5, 0.6) is 0 Å². The maximum atomic E-state index is 12.1. The van der Waals surface area contributed by atoms with E-state index < -0.39 is 10.5 Å². The molecule has 3 rings (SSSR count). The lowest BCUT2D eigenvalue weighted by Gasteiger charge is -2.27. The number of nitro benzene ring substituents is 1. The Bertz CT molecular complexity index is 721. The molecular weight excluding hydrogens is 262 g/mol. The molecule has 0 atom stereocenters. The number of fused-ring (bicyclic) bond motifs is 1. The predicted molar refractivity (Wildman–Crippen MR) is 74.1 cm³/mol. The molecule has 0 unspecified atom stereocenters. The van der Waals surface area contributed by atoms with Crippen molar-refractivity contribution in [1.29, 1.82) is 0 Å². The Kier molecular flexibility index (Phi) is 3.07. The lowest BCUT2D eigenvalue weighted by Crippen LogP contribution is -2.45. The minimum atomic E-state index is -0.523. The van der Waals surface area contributed by atoms with Crippen molar-refractivity contribution in [2.45, 2.75) is 0 Å². The molecule has 0 amide bonds. The average Bonchev–Trinajstić information content (AvgIpc) is 2.46. The summed E-state index contributed by atoms with van der Waals surface area (Å²) in [5.74, 6) is 0.319. The first-order valence-electron chi connectivity index (χ1n) is 6.30. The van der Waals surface area contributed by atoms with Crippen molar-refractivity contribution < 1.29 is 4.92 Å². The van der Waals surface area contributed by atoms with Crippen LogP contribution in [-0.2, 0) is 0 Å². The summed E-state index contributed by atoms with van der Waals surface area (Å²) < 4.78 is 0. The molecule has 2 N–H and O–H groups in total. The molecule has 2 heterocycles. The van der Waals surface area contributed by atoms with E-state index in [1.54, 1.807) is 12.1 Å². The number of anilines is 1. The van der Waals surface area contributed by atoms with E-state index in [2.05, 4.69) is 15.3 Å². The van der Waals surface area contributed by atoms with E-state index in [0.29, 0.717) is 24.4 Å². The number of aromatic amines is 1. The van der Waals surface area contributed by atoms with E-state index in [-0.39, 0.29) is 11.2 Å². The molecule has 8 heteroatoms. The Morgan fingerprint density at radius 1 is 1.30 bits per heavy atom. The third-order valence-electron chi connectivity index (χ3n) is 3.30. The maximum absolute atomic E-state index is 12.1. The molecule has 1 aromatic heterocycles. The summed E-state index contributed by atoms with van der Waals surface area (Å²) in [6.07, 6.45) is 0. The lowest BCUT2D eigenvalue weighted by atomic mass is 10.2. The molecule has 0 spiro atoms. The van der Waals surface area contributed by atoms with Gasteiger partial charge in [0.1, 0.15) is 5.52 Å². The average molecular weight is 275 g/mol. The van der Waals surface area contributed by atoms with Crippen LogP contribution in [0.4, 0.5) is 11.5 Å². The van der Waals surface area contributed by atoms with Crippen LogP contribution in [0.2, 0.25) is 0 Å². The monoisotopic (exact) mass is 275 g/mol. The van der Waals surface area contributed by atoms with E-state index in [1.807, 2.05) is 4.90 Å². The number of hydrogen-bond donors (Lipinski definition) is 2. The zero-order valence-electron chi connectivity index (χ0n) is 10.6. The van der Waals surface area contributed by atoms with E-state index in [0.717, 1.165) is 13.1 Å². The first kappa shape index (κ1) is 12.5. The van der Waals surface area contributed by atoms with Crippen molar-refractivity contribution in [3.8, 4) is 0 Å². The van der Waals surface area contributed by atoms with Crippen molar-refractivity contribution in [2.24, 2.45) is 0 Å². The summed E-state index contributed by atoms with van der Waals surface area (Å²) in [6, 6.07) is 4.57. The van der Waals surface area contributed by atoms with Crippen molar-refractivity contribution in [2.75, 3.05) is 31.1 Å². The fraction of sp³-hybridized carbons (Fsp3) is 0.333. The molecule has 8 nitrogen and oxygen atoms in total. The fourth-order valence-corrected chi connectivity index (χ4v) is 2.33. The van der Waals surface area contributed by atoms with Gasteiger partial charge in [-0.2, -0.15) is 0 Å². The standard InChI is InChI=1S/C12H13N5O3/c18-12-11(16-6-4-13-5-7-16)14-8-2-1-3-9(17(19)20)10(8)15-12/h1-3,13H,4-7H2,(H,15,18). The van der Waals surface area contributed by atoms with Gasteiger partial charge in [-0.15, -0.1) is 0 Å². The number of piperazine rings is 1. The first-order valence-corrected chi connectivity index (χ1v) is 6.30. The number of nitrogens with one attached hydrogen (secondary N) is 2. The molecule has 1 fully saturated rings. The van der Waals surface area contributed by atoms with Crippen molar-refractivity contribution >= 4 is 22.5 Å². The second-order valence-electron chi connectivity index (χ2n) is 4.55. The van der Waals surface area contributed by atoms with Gasteiger partial charge in [0, 0.05) is 32.2 Å². The summed E-state index contributed by atoms with van der Waals surface area (Å²) in [6.45, 7) is 2.95. The largest absolute Gasteiger partial charge is 0.349 e. The third-order valence-corrected chi connectivity index (χ3v) is 3.30. The van der Waals surface area contributed by atoms with Crippen LogP contribution >= 0.6 is 0 Å². The molecule has 1 saturated heterocycles. The van der Waals surface area contributed by atoms with Crippen LogP contribution in [0, 0.1) is 10.1 Å². The summed E-state index contributed by atoms with van der Waals surface area (Å²) >= 11 is 0. The third kappa shape index (κ3) is 2.10. The first-order chi connectivity index (χ1) is 9.66. The Labute approximate surface area is 113 Å². The van der Waals surface area contributed by atoms with Gasteiger partial charge in [0.25, 0.3) is 11.2 Å². The van der Waals surface area contributed by atoms with E-state index in [1.165, 1.54) is 6.07 Å². The highest BCUT2D eigenvalue weighted by molar-refractivity contribution is 5.84. The lowest BCUT2D eigenvalue weighted by molar-refractivity contribution is -0.383. The predicted octanol–water partition coefficient (Wildman–Crippen LogP) is 0.241. The van der Waals surface area contributed by atoms with Gasteiger partial charge in [0.15, 0.2) is 5.82 Å². The van der Waals surface area contributed by atoms with Crippen molar-refractivity contribution in [3.63, 3.8) is 0 Å². The summed E-state index contributed by atoms with van der Waals surface area (Å²) in [5, 5.41) is 14.1. The number of benzene rings is 1. The fourth-order valence-electron chi connectivity index (χ4n) is 2.33. The van der Waals surface area contributed by atoms with Gasteiger partial charge in [-0.25, -0.2) is 4.98 Å². The van der Waals surface area contributed by atoms with Crippen molar-refractivity contribution in [1.82, 2.24) is 15.3 Å². The van der Waals surface area contributed by atoms with Crippen LogP contribution in [0.3, 0.4) is 0 Å². The molecule has 2 aromatic rings. The zero-order chi connectivity index (χ0) is 14.1. The summed E-state index contributed by atoms with van der Waals surface area (Å²) in [4.78, 5) is 31.3. The second-order valence-corrected chi connectivity index (χ2v) is 4.55. The molecule has 104 valence electrons. The van der Waals surface area contributed by atoms with E-state index >= 15 is 0 Å². The highest BCUT2D eigenvalue weighted by atomic mass is 16.6. The van der Waals surface area contributed by atoms with Crippen molar-refractivity contribution in [3.05, 3.63) is 38.7 Å². The highest BCUT2D eigenvalue weighted by Gasteiger charge is 2.19. The van der Waals surface area contributed by atoms with Gasteiger partial charge in [0.05, 0.1) is 10.4 Å². The Hall–Kier alpha value is -2.48. The number of rotatable bonds is 2.